The van der Waals surface area contributed by atoms with E-state index in [-0.39, 0.29) is 62.4 Å². The quantitative estimate of drug-likeness (QED) is 0.199. The first-order valence-corrected chi connectivity index (χ1v) is 18.5. The third-order valence-corrected chi connectivity index (χ3v) is 9.32. The van der Waals surface area contributed by atoms with Crippen molar-refractivity contribution in [3.8, 4) is 0 Å². The molecule has 1 aromatic rings. The number of benzene rings is 1. The van der Waals surface area contributed by atoms with Gasteiger partial charge in [-0.05, 0) is 25.7 Å². The van der Waals surface area contributed by atoms with Crippen LogP contribution in [0.2, 0.25) is 0 Å². The van der Waals surface area contributed by atoms with E-state index in [1.54, 1.807) is 18.9 Å². The first kappa shape index (κ1) is 46.3. The molecule has 0 bridgehead atoms. The Morgan fingerprint density at radius 2 is 1.71 bits per heavy atom. The highest BCUT2D eigenvalue weighted by molar-refractivity contribution is 5.90. The van der Waals surface area contributed by atoms with E-state index in [9.17, 15) is 24.0 Å². The second kappa shape index (κ2) is 25.3. The molecule has 0 aromatic heterocycles. The summed E-state index contributed by atoms with van der Waals surface area (Å²) in [5.74, 6) is -1.82. The molecule has 1 aromatic carbocycles. The summed E-state index contributed by atoms with van der Waals surface area (Å²) in [7, 11) is 4.66. The van der Waals surface area contributed by atoms with Crippen molar-refractivity contribution in [1.82, 2.24) is 25.8 Å². The van der Waals surface area contributed by atoms with Crippen LogP contribution in [-0.4, -0.2) is 129 Å². The summed E-state index contributed by atoms with van der Waals surface area (Å²) < 4.78 is 16.3. The Morgan fingerprint density at radius 3 is 2.23 bits per heavy atom. The van der Waals surface area contributed by atoms with Crippen molar-refractivity contribution in [3.05, 3.63) is 35.9 Å². The molecular weight excluding hydrogens is 670 g/mol. The minimum atomic E-state index is -0.771. The molecule has 3 rings (SSSR count). The van der Waals surface area contributed by atoms with Gasteiger partial charge in [-0.1, -0.05) is 83.4 Å². The van der Waals surface area contributed by atoms with Gasteiger partial charge in [-0.3, -0.25) is 19.2 Å². The van der Waals surface area contributed by atoms with Crippen LogP contribution in [0, 0.1) is 18.8 Å². The first-order chi connectivity index (χ1) is 24.8. The largest absolute Gasteiger partial charge is 0.449 e. The Balaban J connectivity index is 0.00000117. The van der Waals surface area contributed by atoms with Crippen LogP contribution < -0.4 is 16.0 Å². The van der Waals surface area contributed by atoms with Crippen molar-refractivity contribution in [3.63, 3.8) is 0 Å². The van der Waals surface area contributed by atoms with Crippen LogP contribution in [0.15, 0.2) is 30.3 Å². The Hall–Kier alpha value is -3.75. The average Bonchev–Trinajstić information content (AvgIpc) is 3.63. The number of aliphatic hydroxyl groups is 1. The zero-order valence-corrected chi connectivity index (χ0v) is 32.8. The van der Waals surface area contributed by atoms with Gasteiger partial charge >= 0.3 is 6.09 Å². The van der Waals surface area contributed by atoms with E-state index in [0.29, 0.717) is 19.4 Å². The van der Waals surface area contributed by atoms with E-state index >= 15 is 0 Å². The third kappa shape index (κ3) is 15.1. The molecule has 7 atom stereocenters. The number of aryl methyl sites for hydroxylation is 1. The Kier molecular flexibility index (Phi) is 22.5. The molecule has 2 saturated heterocycles. The first-order valence-electron chi connectivity index (χ1n) is 18.5. The molecule has 296 valence electrons. The topological polar surface area (TPSA) is 176 Å². The molecule has 14 nitrogen and oxygen atoms in total. The van der Waals surface area contributed by atoms with Crippen LogP contribution in [0.5, 0.6) is 0 Å². The van der Waals surface area contributed by atoms with Gasteiger partial charge < -0.3 is 45.1 Å². The second-order valence-electron chi connectivity index (χ2n) is 13.4. The SMILES string of the molecule is CCC.CCC(C)C(C(CC(=O)N1CCCC1C(OC)C(C)C(=O)NCCO)OC)N(C)C(=O)CNC(=O)C1CCOC(=O)N1.Cc1ccccc1. The van der Waals surface area contributed by atoms with Gasteiger partial charge in [-0.15, -0.1) is 0 Å². The van der Waals surface area contributed by atoms with E-state index in [4.69, 9.17) is 19.3 Å². The van der Waals surface area contributed by atoms with Crippen molar-refractivity contribution < 1.29 is 43.3 Å². The molecule has 0 saturated carbocycles. The maximum Gasteiger partial charge on any atom is 0.407 e. The molecule has 2 heterocycles. The fourth-order valence-electron chi connectivity index (χ4n) is 6.33. The smallest absolute Gasteiger partial charge is 0.407 e. The molecule has 52 heavy (non-hydrogen) atoms. The van der Waals surface area contributed by atoms with Gasteiger partial charge in [0.15, 0.2) is 0 Å². The number of carbonyl (C=O) groups is 5. The lowest BCUT2D eigenvalue weighted by Gasteiger charge is -2.39. The predicted octanol–water partition coefficient (Wildman–Crippen LogP) is 3.04. The van der Waals surface area contributed by atoms with Crippen LogP contribution in [0.1, 0.15) is 78.7 Å². The standard InChI is InChI=1S/C28H49N5O9.C7H8.C3H8/c1-7-17(2)24(32(4)23(36)16-30-27(38)19-10-14-42-28(39)31-19)21(40-5)15-22(35)33-12-8-9-20(33)25(41-6)18(3)26(37)29-11-13-34;1-7-5-3-2-4-6-7;1-3-2/h17-21,24-25,34H,7-16H2,1-6H3,(H,29,37)(H,30,38)(H,31,39);2-6H,1H3;3H2,1-2H3. The van der Waals surface area contributed by atoms with Gasteiger partial charge in [-0.2, -0.15) is 0 Å². The summed E-state index contributed by atoms with van der Waals surface area (Å²) in [6.45, 7) is 12.4. The van der Waals surface area contributed by atoms with E-state index < -0.39 is 42.2 Å². The monoisotopic (exact) mass is 735 g/mol. The molecule has 5 amide bonds. The number of hydrogen-bond acceptors (Lipinski definition) is 9. The molecule has 2 aliphatic heterocycles. The number of nitrogens with zero attached hydrogens (tertiary/aromatic N) is 2. The van der Waals surface area contributed by atoms with Crippen molar-refractivity contribution >= 4 is 29.7 Å². The van der Waals surface area contributed by atoms with E-state index in [1.165, 1.54) is 31.1 Å². The minimum absolute atomic E-state index is 0.0155. The number of rotatable bonds is 16. The van der Waals surface area contributed by atoms with Crippen LogP contribution >= 0.6 is 0 Å². The van der Waals surface area contributed by atoms with Crippen LogP contribution in [0.25, 0.3) is 0 Å². The number of amides is 5. The number of ether oxygens (including phenoxy) is 3. The van der Waals surface area contributed by atoms with Crippen LogP contribution in [0.3, 0.4) is 0 Å². The number of likely N-dealkylation sites (tertiary alicyclic amines) is 1. The summed E-state index contributed by atoms with van der Waals surface area (Å²) in [5, 5.41) is 16.7. The lowest BCUT2D eigenvalue weighted by Crippen LogP contribution is -2.55. The number of alkyl carbamates (subject to hydrolysis) is 1. The van der Waals surface area contributed by atoms with Crippen molar-refractivity contribution in [1.29, 1.82) is 0 Å². The number of carbonyl (C=O) groups excluding carboxylic acids is 5. The zero-order chi connectivity index (χ0) is 39.2. The summed E-state index contributed by atoms with van der Waals surface area (Å²) in [6.07, 6.45) is 1.90. The number of likely N-dealkylation sites (N-methyl/N-ethyl adjacent to an activating group) is 1. The van der Waals surface area contributed by atoms with Gasteiger partial charge in [0, 0.05) is 40.8 Å². The van der Waals surface area contributed by atoms with Crippen LogP contribution in [0.4, 0.5) is 4.79 Å². The maximum absolute atomic E-state index is 13.7. The summed E-state index contributed by atoms with van der Waals surface area (Å²) in [5.41, 5.74) is 1.32. The predicted molar refractivity (Wildman–Crippen MR) is 199 cm³/mol. The van der Waals surface area contributed by atoms with E-state index in [2.05, 4.69) is 48.9 Å². The number of nitrogens with one attached hydrogen (secondary N) is 3. The Morgan fingerprint density at radius 1 is 1.06 bits per heavy atom. The molecule has 2 fully saturated rings. The summed E-state index contributed by atoms with van der Waals surface area (Å²) >= 11 is 0. The molecule has 14 heteroatoms. The fraction of sp³-hybridized carbons (Fsp3) is 0.711. The van der Waals surface area contributed by atoms with Gasteiger partial charge in [0.1, 0.15) is 6.04 Å². The Bertz CT molecular complexity index is 1220. The van der Waals surface area contributed by atoms with Gasteiger partial charge in [0.25, 0.3) is 0 Å². The number of hydrogen-bond donors (Lipinski definition) is 4. The number of aliphatic hydroxyl groups excluding tert-OH is 1. The average molecular weight is 736 g/mol. The third-order valence-electron chi connectivity index (χ3n) is 9.32. The lowest BCUT2D eigenvalue weighted by molar-refractivity contribution is -0.145. The highest BCUT2D eigenvalue weighted by Gasteiger charge is 2.42. The van der Waals surface area contributed by atoms with E-state index in [0.717, 1.165) is 12.8 Å². The van der Waals surface area contributed by atoms with Crippen molar-refractivity contribution in [2.75, 3.05) is 54.1 Å². The van der Waals surface area contributed by atoms with E-state index in [1.807, 2.05) is 32.0 Å². The van der Waals surface area contributed by atoms with Crippen molar-refractivity contribution in [2.24, 2.45) is 11.8 Å². The molecular formula is C38H65N5O9. The zero-order valence-electron chi connectivity index (χ0n) is 32.8. The van der Waals surface area contributed by atoms with Gasteiger partial charge in [0.2, 0.25) is 23.6 Å². The lowest BCUT2D eigenvalue weighted by atomic mass is 9.90. The molecule has 0 spiro atoms. The van der Waals surface area contributed by atoms with Gasteiger partial charge in [-0.25, -0.2) is 4.79 Å². The fourth-order valence-corrected chi connectivity index (χ4v) is 6.33. The highest BCUT2D eigenvalue weighted by Crippen LogP contribution is 2.29. The highest BCUT2D eigenvalue weighted by atomic mass is 16.6. The summed E-state index contributed by atoms with van der Waals surface area (Å²) in [4.78, 5) is 66.6. The number of cyclic esters (lactones) is 1. The van der Waals surface area contributed by atoms with Gasteiger partial charge in [0.05, 0.1) is 56.4 Å². The summed E-state index contributed by atoms with van der Waals surface area (Å²) in [6, 6.07) is 8.72. The number of methoxy groups -OCH3 is 2. The molecule has 2 aliphatic rings. The molecule has 7 unspecified atom stereocenters. The Labute approximate surface area is 310 Å². The second-order valence-corrected chi connectivity index (χ2v) is 13.4. The molecule has 0 aliphatic carbocycles. The normalized spacial score (nSPS) is 19.4. The van der Waals surface area contributed by atoms with Crippen LogP contribution in [-0.2, 0) is 33.4 Å². The van der Waals surface area contributed by atoms with Crippen molar-refractivity contribution in [2.45, 2.75) is 110 Å². The molecule has 4 N–H and O–H groups in total. The molecule has 0 radical (unpaired) electrons. The minimum Gasteiger partial charge on any atom is -0.449 e. The maximum atomic E-state index is 13.7.